The molecule has 4 rings (SSSR count). The molecule has 48 heavy (non-hydrogen) atoms. The van der Waals surface area contributed by atoms with E-state index in [0.717, 1.165) is 6.42 Å². The van der Waals surface area contributed by atoms with Crippen LogP contribution in [0.2, 0.25) is 5.02 Å². The van der Waals surface area contributed by atoms with Crippen molar-refractivity contribution in [1.29, 1.82) is 0 Å². The molecule has 1 aliphatic rings. The number of nitrogens with zero attached hydrogens (tertiary/aromatic N) is 4. The van der Waals surface area contributed by atoms with Gasteiger partial charge in [-0.05, 0) is 75.6 Å². The lowest BCUT2D eigenvalue weighted by atomic mass is 10.0. The van der Waals surface area contributed by atoms with Gasteiger partial charge in [0.15, 0.2) is 5.03 Å². The van der Waals surface area contributed by atoms with E-state index in [1.807, 2.05) is 13.8 Å². The van der Waals surface area contributed by atoms with E-state index in [1.54, 1.807) is 24.6 Å². The molecule has 0 saturated carbocycles. The summed E-state index contributed by atoms with van der Waals surface area (Å²) in [6.45, 7) is 5.55. The number of fused-ring (bicyclic) bond motifs is 1. The minimum atomic E-state index is -4.02. The summed E-state index contributed by atoms with van der Waals surface area (Å²) >= 11 is 5.94. The number of benzene rings is 2. The Morgan fingerprint density at radius 2 is 1.83 bits per heavy atom. The number of hydrogen-bond acceptors (Lipinski definition) is 9. The first-order chi connectivity index (χ1) is 22.6. The predicted octanol–water partition coefficient (Wildman–Crippen LogP) is 3.99. The van der Waals surface area contributed by atoms with E-state index >= 15 is 0 Å². The van der Waals surface area contributed by atoms with Crippen LogP contribution in [-0.4, -0.2) is 98.2 Å². The number of aliphatic hydroxyl groups is 1. The van der Waals surface area contributed by atoms with Gasteiger partial charge in [-0.1, -0.05) is 18.5 Å². The molecule has 264 valence electrons. The number of imidazole rings is 1. The van der Waals surface area contributed by atoms with Gasteiger partial charge in [-0.15, -0.1) is 0 Å². The Bertz CT molecular complexity index is 1770. The SMILES string of the molecule is C[C@H](CO)N1C[C@H](C)[C@H](CN(C)S(=O)(=O)c2cn(C)cn2)OCCCC[C@H](C)Oc2ccc(NS(=O)(=O)c3ccc(Cl)cc3)cc2C1=O. The number of rotatable bonds is 9. The number of carbonyl (C=O) groups excluding carboxylic acids is 1. The molecule has 4 atom stereocenters. The number of nitrogens with one attached hydrogen (secondary N) is 1. The number of aryl methyl sites for hydroxylation is 1. The molecule has 0 unspecified atom stereocenters. The van der Waals surface area contributed by atoms with Crippen LogP contribution in [0.25, 0.3) is 0 Å². The quantitative estimate of drug-likeness (QED) is 0.333. The van der Waals surface area contributed by atoms with E-state index in [1.165, 1.54) is 65.2 Å². The molecule has 0 aliphatic carbocycles. The van der Waals surface area contributed by atoms with Crippen molar-refractivity contribution in [2.24, 2.45) is 13.0 Å². The summed E-state index contributed by atoms with van der Waals surface area (Å²) in [6, 6.07) is 9.55. The second-order valence-corrected chi connectivity index (χ2v) is 16.3. The molecule has 1 aliphatic heterocycles. The second kappa shape index (κ2) is 16.0. The highest BCUT2D eigenvalue weighted by molar-refractivity contribution is 7.92. The monoisotopic (exact) mass is 725 g/mol. The Morgan fingerprint density at radius 1 is 1.12 bits per heavy atom. The zero-order chi connectivity index (χ0) is 35.2. The van der Waals surface area contributed by atoms with Crippen molar-refractivity contribution < 1.29 is 36.2 Å². The van der Waals surface area contributed by atoms with Crippen molar-refractivity contribution in [1.82, 2.24) is 18.8 Å². The number of ether oxygens (including phenoxy) is 2. The van der Waals surface area contributed by atoms with Crippen molar-refractivity contribution >= 4 is 43.2 Å². The number of sulfonamides is 2. The maximum Gasteiger partial charge on any atom is 0.261 e. The van der Waals surface area contributed by atoms with Crippen molar-refractivity contribution in [3.05, 3.63) is 65.6 Å². The van der Waals surface area contributed by atoms with Crippen LogP contribution in [0, 0.1) is 5.92 Å². The first-order valence-electron chi connectivity index (χ1n) is 15.7. The van der Waals surface area contributed by atoms with Crippen LogP contribution in [0.3, 0.4) is 0 Å². The molecule has 2 aromatic carbocycles. The molecule has 1 amide bonds. The summed E-state index contributed by atoms with van der Waals surface area (Å²) in [5.41, 5.74) is 0.247. The summed E-state index contributed by atoms with van der Waals surface area (Å²) in [4.78, 5) is 19.8. The molecule has 0 radical (unpaired) electrons. The van der Waals surface area contributed by atoms with E-state index in [2.05, 4.69) is 9.71 Å². The number of anilines is 1. The van der Waals surface area contributed by atoms with Crippen LogP contribution >= 0.6 is 11.6 Å². The lowest BCUT2D eigenvalue weighted by Gasteiger charge is -2.35. The highest BCUT2D eigenvalue weighted by atomic mass is 35.5. The van der Waals surface area contributed by atoms with Crippen LogP contribution in [-0.2, 0) is 31.8 Å². The van der Waals surface area contributed by atoms with Crippen molar-refractivity contribution in [2.45, 2.75) is 68.2 Å². The fraction of sp³-hybridized carbons (Fsp3) is 0.500. The van der Waals surface area contributed by atoms with Gasteiger partial charge in [0.25, 0.3) is 26.0 Å². The molecule has 3 aromatic rings. The lowest BCUT2D eigenvalue weighted by Crippen LogP contribution is -2.48. The van der Waals surface area contributed by atoms with Gasteiger partial charge in [0.05, 0.1) is 41.6 Å². The molecule has 0 fully saturated rings. The van der Waals surface area contributed by atoms with Gasteiger partial charge in [0.2, 0.25) is 0 Å². The highest BCUT2D eigenvalue weighted by Crippen LogP contribution is 2.30. The Balaban J connectivity index is 1.68. The van der Waals surface area contributed by atoms with Gasteiger partial charge < -0.3 is 24.0 Å². The predicted molar refractivity (Wildman–Crippen MR) is 182 cm³/mol. The molecule has 0 spiro atoms. The minimum absolute atomic E-state index is 0.00232. The largest absolute Gasteiger partial charge is 0.490 e. The molecular formula is C32H44ClN5O8S2. The van der Waals surface area contributed by atoms with Gasteiger partial charge in [-0.25, -0.2) is 21.8 Å². The second-order valence-electron chi connectivity index (χ2n) is 12.2. The number of aromatic nitrogens is 2. The Morgan fingerprint density at radius 3 is 2.48 bits per heavy atom. The number of carbonyl (C=O) groups is 1. The average molecular weight is 726 g/mol. The summed E-state index contributed by atoms with van der Waals surface area (Å²) < 4.78 is 70.7. The van der Waals surface area contributed by atoms with Crippen molar-refractivity contribution in [3.63, 3.8) is 0 Å². The summed E-state index contributed by atoms with van der Waals surface area (Å²) in [5.74, 6) is -0.610. The van der Waals surface area contributed by atoms with Gasteiger partial charge in [0.1, 0.15) is 5.75 Å². The molecule has 16 heteroatoms. The molecular weight excluding hydrogens is 682 g/mol. The van der Waals surface area contributed by atoms with E-state index in [9.17, 15) is 26.7 Å². The number of hydrogen-bond donors (Lipinski definition) is 2. The number of halogens is 1. The zero-order valence-electron chi connectivity index (χ0n) is 27.7. The van der Waals surface area contributed by atoms with Crippen molar-refractivity contribution in [2.75, 3.05) is 38.1 Å². The molecule has 2 heterocycles. The lowest BCUT2D eigenvalue weighted by molar-refractivity contribution is -0.00835. The standard InChI is InChI=1S/C32H44ClN5O8S2/c1-22-17-38(23(2)20-39)32(40)28-16-26(35-47(41,42)27-12-9-25(33)10-13-27)11-14-29(28)46-24(3)8-6-7-15-45-30(22)18-37(5)48(43,44)31-19-36(4)21-34-31/h9-14,16,19,21-24,30,35,39H,6-8,15,17-18,20H2,1-5H3/t22-,23+,24-,30-/m0/s1. The molecule has 0 bridgehead atoms. The molecule has 13 nitrogen and oxygen atoms in total. The average Bonchev–Trinajstić information content (AvgIpc) is 3.49. The van der Waals surface area contributed by atoms with E-state index in [4.69, 9.17) is 21.1 Å². The third kappa shape index (κ3) is 9.27. The number of aliphatic hydroxyl groups excluding tert-OH is 1. The Kier molecular flexibility index (Phi) is 12.5. The molecule has 0 saturated heterocycles. The zero-order valence-corrected chi connectivity index (χ0v) is 30.1. The van der Waals surface area contributed by atoms with E-state index < -0.39 is 38.1 Å². The first kappa shape index (κ1) is 37.6. The summed E-state index contributed by atoms with van der Waals surface area (Å²) in [5, 5.41) is 10.5. The Hall–Kier alpha value is -3.21. The first-order valence-corrected chi connectivity index (χ1v) is 19.0. The van der Waals surface area contributed by atoms with Crippen LogP contribution < -0.4 is 9.46 Å². The van der Waals surface area contributed by atoms with E-state index in [0.29, 0.717) is 24.5 Å². The maximum absolute atomic E-state index is 14.3. The summed E-state index contributed by atoms with van der Waals surface area (Å²) in [6.07, 6.45) is 4.04. The van der Waals surface area contributed by atoms with Crippen LogP contribution in [0.5, 0.6) is 5.75 Å². The van der Waals surface area contributed by atoms with Crippen LogP contribution in [0.15, 0.2) is 64.9 Å². The minimum Gasteiger partial charge on any atom is -0.490 e. The molecule has 1 aromatic heterocycles. The number of likely N-dealkylation sites (N-methyl/N-ethyl adjacent to an activating group) is 1. The van der Waals surface area contributed by atoms with E-state index in [-0.39, 0.29) is 58.6 Å². The number of amides is 1. The Labute approximate surface area is 287 Å². The third-order valence-corrected chi connectivity index (χ3v) is 11.6. The van der Waals surface area contributed by atoms with Crippen LogP contribution in [0.4, 0.5) is 5.69 Å². The van der Waals surface area contributed by atoms with Crippen molar-refractivity contribution in [3.8, 4) is 5.75 Å². The topological polar surface area (TPSA) is 160 Å². The van der Waals surface area contributed by atoms with Gasteiger partial charge in [-0.2, -0.15) is 4.31 Å². The van der Waals surface area contributed by atoms with Gasteiger partial charge in [-0.3, -0.25) is 9.52 Å². The molecule has 2 N–H and O–H groups in total. The fourth-order valence-corrected chi connectivity index (χ4v) is 7.63. The highest BCUT2D eigenvalue weighted by Gasteiger charge is 2.33. The summed E-state index contributed by atoms with van der Waals surface area (Å²) in [7, 11) is -4.78. The van der Waals surface area contributed by atoms with Gasteiger partial charge in [0, 0.05) is 56.6 Å². The third-order valence-electron chi connectivity index (χ3n) is 8.22. The maximum atomic E-state index is 14.3. The fourth-order valence-electron chi connectivity index (χ4n) is 5.31. The normalized spacial score (nSPS) is 20.9. The van der Waals surface area contributed by atoms with Crippen LogP contribution in [0.1, 0.15) is 50.4 Å². The smallest absolute Gasteiger partial charge is 0.261 e. The van der Waals surface area contributed by atoms with Gasteiger partial charge >= 0.3 is 0 Å².